The summed E-state index contributed by atoms with van der Waals surface area (Å²) in [6, 6.07) is 10.1. The Labute approximate surface area is 196 Å². The fourth-order valence-electron chi connectivity index (χ4n) is 3.98. The van der Waals surface area contributed by atoms with Crippen LogP contribution in [0.4, 0.5) is 10.2 Å². The summed E-state index contributed by atoms with van der Waals surface area (Å²) in [5.41, 5.74) is 1.69. The van der Waals surface area contributed by atoms with E-state index in [9.17, 15) is 14.0 Å². The van der Waals surface area contributed by atoms with E-state index >= 15 is 0 Å². The summed E-state index contributed by atoms with van der Waals surface area (Å²) in [6.07, 6.45) is 1.54. The first-order chi connectivity index (χ1) is 15.7. The van der Waals surface area contributed by atoms with E-state index in [0.29, 0.717) is 17.1 Å². The average Bonchev–Trinajstić information content (AvgIpc) is 3.36. The highest BCUT2D eigenvalue weighted by Crippen LogP contribution is 2.47. The van der Waals surface area contributed by atoms with E-state index in [1.54, 1.807) is 42.1 Å². The number of amides is 2. The lowest BCUT2D eigenvalue weighted by Gasteiger charge is -2.24. The summed E-state index contributed by atoms with van der Waals surface area (Å²) in [6.45, 7) is 6.16. The van der Waals surface area contributed by atoms with Crippen LogP contribution < -0.4 is 10.2 Å². The molecule has 1 atom stereocenters. The summed E-state index contributed by atoms with van der Waals surface area (Å²) < 4.78 is 21.8. The van der Waals surface area contributed by atoms with Crippen LogP contribution in [0.2, 0.25) is 0 Å². The molecular formula is C24H27FN4O3S. The number of halogens is 1. The number of anilines is 1. The first-order valence-corrected chi connectivity index (χ1v) is 11.7. The molecule has 1 aromatic carbocycles. The molecule has 2 aromatic heterocycles. The molecule has 0 saturated carbocycles. The Bertz CT molecular complexity index is 1170. The molecule has 4 rings (SSSR count). The number of carbonyl (C=O) groups is 2. The van der Waals surface area contributed by atoms with Crippen molar-refractivity contribution in [1.82, 2.24) is 15.1 Å². The lowest BCUT2D eigenvalue weighted by atomic mass is 9.87. The van der Waals surface area contributed by atoms with Gasteiger partial charge in [-0.15, -0.1) is 11.8 Å². The van der Waals surface area contributed by atoms with Crippen LogP contribution in [-0.2, 0) is 28.6 Å². The number of nitrogens with one attached hydrogen (secondary N) is 1. The molecule has 0 spiro atoms. The lowest BCUT2D eigenvalue weighted by Crippen LogP contribution is -2.42. The highest BCUT2D eigenvalue weighted by molar-refractivity contribution is 8.00. The molecule has 3 heterocycles. The van der Waals surface area contributed by atoms with E-state index in [2.05, 4.69) is 5.32 Å². The summed E-state index contributed by atoms with van der Waals surface area (Å²) in [5.74, 6) is 0.383. The summed E-state index contributed by atoms with van der Waals surface area (Å²) in [4.78, 5) is 27.4. The number of hydrogen-bond acceptors (Lipinski definition) is 5. The van der Waals surface area contributed by atoms with Gasteiger partial charge in [-0.25, -0.2) is 4.39 Å². The standard InChI is InChI=1S/C24H27FN4O3S/c1-24(2,3)22-20-21(16-9-5-6-10-17(16)25)33-14-19(31)29(23(20)28(4)27-22)13-18(30)26-12-15-8-7-11-32-15/h5-11,21H,12-14H2,1-4H3,(H,26,30). The molecule has 1 aliphatic rings. The molecule has 0 saturated heterocycles. The number of fused-ring (bicyclic) bond motifs is 1. The van der Waals surface area contributed by atoms with Crippen LogP contribution in [0.15, 0.2) is 47.1 Å². The van der Waals surface area contributed by atoms with E-state index in [1.807, 2.05) is 20.8 Å². The van der Waals surface area contributed by atoms with Crippen LogP contribution in [0, 0.1) is 5.82 Å². The Morgan fingerprint density at radius 3 is 2.70 bits per heavy atom. The zero-order chi connectivity index (χ0) is 23.8. The van der Waals surface area contributed by atoms with Crippen LogP contribution in [0.5, 0.6) is 0 Å². The van der Waals surface area contributed by atoms with E-state index in [4.69, 9.17) is 9.52 Å². The number of aryl methyl sites for hydroxylation is 1. The van der Waals surface area contributed by atoms with Gasteiger partial charge in [-0.3, -0.25) is 19.2 Å². The van der Waals surface area contributed by atoms with Crippen molar-refractivity contribution in [2.24, 2.45) is 7.05 Å². The maximum absolute atomic E-state index is 14.9. The predicted octanol–water partition coefficient (Wildman–Crippen LogP) is 3.94. The zero-order valence-corrected chi connectivity index (χ0v) is 19.9. The van der Waals surface area contributed by atoms with Gasteiger partial charge in [0.05, 0.1) is 29.5 Å². The van der Waals surface area contributed by atoms with Crippen LogP contribution >= 0.6 is 11.8 Å². The number of rotatable bonds is 5. The highest BCUT2D eigenvalue weighted by Gasteiger charge is 2.39. The molecule has 0 bridgehead atoms. The van der Waals surface area contributed by atoms with Gasteiger partial charge in [0.25, 0.3) is 0 Å². The second-order valence-electron chi connectivity index (χ2n) is 9.01. The quantitative estimate of drug-likeness (QED) is 0.611. The molecule has 1 aliphatic heterocycles. The third-order valence-electron chi connectivity index (χ3n) is 5.48. The Morgan fingerprint density at radius 1 is 1.27 bits per heavy atom. The normalized spacial score (nSPS) is 16.5. The molecule has 2 amide bonds. The van der Waals surface area contributed by atoms with E-state index in [-0.39, 0.29) is 41.9 Å². The van der Waals surface area contributed by atoms with Gasteiger partial charge in [0.2, 0.25) is 11.8 Å². The SMILES string of the molecule is Cn1nc(C(C)(C)C)c2c1N(CC(=O)NCc1ccco1)C(=O)CSC2c1ccccc1F. The first kappa shape index (κ1) is 23.1. The Balaban J connectivity index is 1.75. The fraction of sp³-hybridized carbons (Fsp3) is 0.375. The van der Waals surface area contributed by atoms with Crippen molar-refractivity contribution >= 4 is 29.4 Å². The number of carbonyl (C=O) groups excluding carboxylic acids is 2. The number of furan rings is 1. The minimum Gasteiger partial charge on any atom is -0.467 e. The monoisotopic (exact) mass is 470 g/mol. The third-order valence-corrected chi connectivity index (χ3v) is 6.72. The van der Waals surface area contributed by atoms with Crippen molar-refractivity contribution in [3.8, 4) is 0 Å². The van der Waals surface area contributed by atoms with Gasteiger partial charge in [-0.05, 0) is 18.2 Å². The van der Waals surface area contributed by atoms with Crippen molar-refractivity contribution in [1.29, 1.82) is 0 Å². The highest BCUT2D eigenvalue weighted by atomic mass is 32.2. The molecule has 1 unspecified atom stereocenters. The maximum atomic E-state index is 14.9. The van der Waals surface area contributed by atoms with Crippen LogP contribution in [-0.4, -0.2) is 33.9 Å². The molecule has 33 heavy (non-hydrogen) atoms. The Morgan fingerprint density at radius 2 is 2.03 bits per heavy atom. The van der Waals surface area contributed by atoms with Gasteiger partial charge in [0.1, 0.15) is 23.9 Å². The summed E-state index contributed by atoms with van der Waals surface area (Å²) in [5, 5.41) is 7.09. The first-order valence-electron chi connectivity index (χ1n) is 10.7. The third kappa shape index (κ3) is 4.68. The Kier molecular flexibility index (Phi) is 6.34. The van der Waals surface area contributed by atoms with Gasteiger partial charge in [0.15, 0.2) is 0 Å². The molecule has 9 heteroatoms. The molecule has 0 radical (unpaired) electrons. The molecule has 0 fully saturated rings. The summed E-state index contributed by atoms with van der Waals surface area (Å²) >= 11 is 1.36. The number of hydrogen-bond donors (Lipinski definition) is 1. The molecule has 7 nitrogen and oxygen atoms in total. The number of thioether (sulfide) groups is 1. The fourth-order valence-corrected chi connectivity index (χ4v) is 5.19. The maximum Gasteiger partial charge on any atom is 0.240 e. The van der Waals surface area contributed by atoms with Crippen molar-refractivity contribution < 1.29 is 18.4 Å². The van der Waals surface area contributed by atoms with Crippen molar-refractivity contribution in [2.45, 2.75) is 38.0 Å². The average molecular weight is 471 g/mol. The summed E-state index contributed by atoms with van der Waals surface area (Å²) in [7, 11) is 1.75. The molecule has 3 aromatic rings. The number of benzene rings is 1. The largest absolute Gasteiger partial charge is 0.467 e. The second-order valence-corrected chi connectivity index (χ2v) is 10.1. The smallest absolute Gasteiger partial charge is 0.240 e. The van der Waals surface area contributed by atoms with Gasteiger partial charge in [-0.2, -0.15) is 5.10 Å². The van der Waals surface area contributed by atoms with Crippen molar-refractivity contribution in [3.63, 3.8) is 0 Å². The minimum absolute atomic E-state index is 0.114. The zero-order valence-electron chi connectivity index (χ0n) is 19.1. The van der Waals surface area contributed by atoms with Crippen molar-refractivity contribution in [2.75, 3.05) is 17.2 Å². The predicted molar refractivity (Wildman–Crippen MR) is 126 cm³/mol. The molecular weight excluding hydrogens is 443 g/mol. The lowest BCUT2D eigenvalue weighted by molar-refractivity contribution is -0.123. The van der Waals surface area contributed by atoms with Gasteiger partial charge in [0, 0.05) is 23.6 Å². The van der Waals surface area contributed by atoms with Crippen molar-refractivity contribution in [3.05, 3.63) is 71.1 Å². The Hall–Kier alpha value is -3.07. The van der Waals surface area contributed by atoms with Gasteiger partial charge in [-0.1, -0.05) is 39.0 Å². The minimum atomic E-state index is -0.427. The number of nitrogens with zero attached hydrogens (tertiary/aromatic N) is 3. The molecule has 0 aliphatic carbocycles. The van der Waals surface area contributed by atoms with Gasteiger partial charge >= 0.3 is 0 Å². The van der Waals surface area contributed by atoms with Crippen LogP contribution in [0.1, 0.15) is 48.6 Å². The topological polar surface area (TPSA) is 80.4 Å². The van der Waals surface area contributed by atoms with E-state index in [0.717, 1.165) is 11.3 Å². The van der Waals surface area contributed by atoms with Crippen LogP contribution in [0.25, 0.3) is 0 Å². The second kappa shape index (κ2) is 9.05. The van der Waals surface area contributed by atoms with Crippen LogP contribution in [0.3, 0.4) is 0 Å². The van der Waals surface area contributed by atoms with E-state index in [1.165, 1.54) is 29.0 Å². The van der Waals surface area contributed by atoms with E-state index < -0.39 is 5.25 Å². The van der Waals surface area contributed by atoms with Gasteiger partial charge < -0.3 is 9.73 Å². The molecule has 174 valence electrons. The number of aromatic nitrogens is 2. The molecule has 1 N–H and O–H groups in total.